The van der Waals surface area contributed by atoms with Gasteiger partial charge in [0.15, 0.2) is 10.2 Å². The number of thiocarbonyl (C=S) groups is 1. The number of amides is 1. The van der Waals surface area contributed by atoms with Crippen LogP contribution in [0.2, 0.25) is 0 Å². The van der Waals surface area contributed by atoms with Crippen LogP contribution >= 0.6 is 23.6 Å². The minimum absolute atomic E-state index is 0.00133. The van der Waals surface area contributed by atoms with E-state index in [9.17, 15) is 18.0 Å². The normalized spacial score (nSPS) is 11.5. The Morgan fingerprint density at radius 2 is 1.82 bits per heavy atom. The lowest BCUT2D eigenvalue weighted by Gasteiger charge is -2.12. The van der Waals surface area contributed by atoms with E-state index in [-0.39, 0.29) is 15.6 Å². The summed E-state index contributed by atoms with van der Waals surface area (Å²) in [5.74, 6) is -0.516. The first-order valence-corrected chi connectivity index (χ1v) is 12.5. The summed E-state index contributed by atoms with van der Waals surface area (Å²) >= 11 is 6.39. The Balaban J connectivity index is 1.44. The lowest BCUT2D eigenvalue weighted by atomic mass is 10.1. The summed E-state index contributed by atoms with van der Waals surface area (Å²) in [5.41, 5.74) is 0.937. The molecule has 0 saturated heterocycles. The van der Waals surface area contributed by atoms with Gasteiger partial charge >= 0.3 is 5.63 Å². The Hall–Kier alpha value is -3.45. The van der Waals surface area contributed by atoms with Gasteiger partial charge in [-0.2, -0.15) is 0 Å². The lowest BCUT2D eigenvalue weighted by molar-refractivity contribution is 0.0977. The van der Waals surface area contributed by atoms with Crippen LogP contribution in [0.3, 0.4) is 0 Å². The van der Waals surface area contributed by atoms with Crippen molar-refractivity contribution in [2.24, 2.45) is 0 Å². The van der Waals surface area contributed by atoms with E-state index in [0.717, 1.165) is 9.69 Å². The van der Waals surface area contributed by atoms with Gasteiger partial charge in [0.05, 0.1) is 16.2 Å². The number of fused-ring (bicyclic) bond motifs is 1. The SMILES string of the molecule is CN(C)S(=O)(=O)c1ccc(C(=O)NC(=S)Nc2nc(-c3cc4ccccc4oc3=O)cs2)cc1. The molecule has 34 heavy (non-hydrogen) atoms. The number of rotatable bonds is 5. The second-order valence-corrected chi connectivity index (χ2v) is 10.7. The highest BCUT2D eigenvalue weighted by Crippen LogP contribution is 2.25. The molecular weight excluding hydrogens is 496 g/mol. The summed E-state index contributed by atoms with van der Waals surface area (Å²) in [6, 6.07) is 14.4. The number of aromatic nitrogens is 1. The molecule has 4 rings (SSSR count). The van der Waals surface area contributed by atoms with Gasteiger partial charge in [-0.1, -0.05) is 18.2 Å². The van der Waals surface area contributed by atoms with E-state index < -0.39 is 21.6 Å². The van der Waals surface area contributed by atoms with E-state index in [4.69, 9.17) is 16.6 Å². The zero-order valence-electron chi connectivity index (χ0n) is 17.9. The highest BCUT2D eigenvalue weighted by molar-refractivity contribution is 7.89. The summed E-state index contributed by atoms with van der Waals surface area (Å²) < 4.78 is 30.7. The maximum Gasteiger partial charge on any atom is 0.345 e. The number of nitrogens with zero attached hydrogens (tertiary/aromatic N) is 2. The maximum absolute atomic E-state index is 12.5. The molecule has 0 aliphatic rings. The molecule has 1 amide bonds. The van der Waals surface area contributed by atoms with Crippen LogP contribution in [0.25, 0.3) is 22.2 Å². The van der Waals surface area contributed by atoms with Gasteiger partial charge in [-0.15, -0.1) is 11.3 Å². The molecular formula is C22H18N4O5S3. The monoisotopic (exact) mass is 514 g/mol. The van der Waals surface area contributed by atoms with E-state index in [1.165, 1.54) is 49.7 Å². The summed E-state index contributed by atoms with van der Waals surface area (Å²) in [5, 5.41) is 8.15. The molecule has 2 heterocycles. The molecule has 4 aromatic rings. The lowest BCUT2D eigenvalue weighted by Crippen LogP contribution is -2.34. The molecule has 0 fully saturated rings. The largest absolute Gasteiger partial charge is 0.422 e. The number of nitrogens with one attached hydrogen (secondary N) is 2. The van der Waals surface area contributed by atoms with E-state index in [1.54, 1.807) is 23.6 Å². The molecule has 0 bridgehead atoms. The molecule has 12 heteroatoms. The van der Waals surface area contributed by atoms with Gasteiger partial charge in [0.25, 0.3) is 5.91 Å². The van der Waals surface area contributed by atoms with Crippen LogP contribution in [0.1, 0.15) is 10.4 Å². The van der Waals surface area contributed by atoms with Crippen molar-refractivity contribution in [2.45, 2.75) is 4.90 Å². The topological polar surface area (TPSA) is 122 Å². The highest BCUT2D eigenvalue weighted by Gasteiger charge is 2.18. The second-order valence-electron chi connectivity index (χ2n) is 7.24. The third-order valence-corrected chi connectivity index (χ3v) is 7.56. The fourth-order valence-electron chi connectivity index (χ4n) is 2.99. The van der Waals surface area contributed by atoms with Gasteiger partial charge in [0.2, 0.25) is 10.0 Å². The molecule has 0 atom stereocenters. The summed E-state index contributed by atoms with van der Waals surface area (Å²) in [6.45, 7) is 0. The number of hydrogen-bond acceptors (Lipinski definition) is 8. The van der Waals surface area contributed by atoms with Crippen molar-refractivity contribution < 1.29 is 17.6 Å². The van der Waals surface area contributed by atoms with Gasteiger partial charge in [0, 0.05) is 30.4 Å². The molecule has 2 aromatic heterocycles. The van der Waals surface area contributed by atoms with Crippen molar-refractivity contribution >= 4 is 60.7 Å². The van der Waals surface area contributed by atoms with Gasteiger partial charge in [-0.05, 0) is 48.6 Å². The first-order valence-electron chi connectivity index (χ1n) is 9.79. The molecule has 0 spiro atoms. The molecule has 2 N–H and O–H groups in total. The summed E-state index contributed by atoms with van der Waals surface area (Å²) in [7, 11) is -0.737. The van der Waals surface area contributed by atoms with Crippen molar-refractivity contribution in [1.29, 1.82) is 0 Å². The van der Waals surface area contributed by atoms with Gasteiger partial charge in [-0.3, -0.25) is 10.1 Å². The van der Waals surface area contributed by atoms with Crippen LogP contribution in [0, 0.1) is 0 Å². The van der Waals surface area contributed by atoms with Gasteiger partial charge < -0.3 is 9.73 Å². The number of benzene rings is 2. The number of carbonyl (C=O) groups excluding carboxylic acids is 1. The third-order valence-electron chi connectivity index (χ3n) is 4.76. The first-order chi connectivity index (χ1) is 16.1. The summed E-state index contributed by atoms with van der Waals surface area (Å²) in [6.07, 6.45) is 0. The number of para-hydroxylation sites is 1. The molecule has 174 valence electrons. The second kappa shape index (κ2) is 9.43. The van der Waals surface area contributed by atoms with E-state index in [2.05, 4.69) is 15.6 Å². The fraction of sp³-hybridized carbons (Fsp3) is 0.0909. The molecule has 2 aromatic carbocycles. The van der Waals surface area contributed by atoms with Gasteiger partial charge in [-0.25, -0.2) is 22.5 Å². The fourth-order valence-corrected chi connectivity index (χ4v) is 4.86. The average molecular weight is 515 g/mol. The Morgan fingerprint density at radius 1 is 1.12 bits per heavy atom. The minimum Gasteiger partial charge on any atom is -0.422 e. The summed E-state index contributed by atoms with van der Waals surface area (Å²) in [4.78, 5) is 29.2. The van der Waals surface area contributed by atoms with E-state index in [0.29, 0.717) is 22.0 Å². The minimum atomic E-state index is -3.59. The Morgan fingerprint density at radius 3 is 2.53 bits per heavy atom. The van der Waals surface area contributed by atoms with Crippen LogP contribution in [-0.4, -0.2) is 42.8 Å². The third kappa shape index (κ3) is 4.89. The number of hydrogen-bond donors (Lipinski definition) is 2. The number of thiazole rings is 1. The van der Waals surface area contributed by atoms with Crippen LogP contribution in [0.5, 0.6) is 0 Å². The maximum atomic E-state index is 12.5. The van der Waals surface area contributed by atoms with Crippen molar-refractivity contribution in [2.75, 3.05) is 19.4 Å². The number of sulfonamides is 1. The van der Waals surface area contributed by atoms with E-state index >= 15 is 0 Å². The molecule has 0 radical (unpaired) electrons. The molecule has 0 saturated carbocycles. The van der Waals surface area contributed by atoms with Crippen molar-refractivity contribution in [3.8, 4) is 11.3 Å². The van der Waals surface area contributed by atoms with Crippen molar-refractivity contribution in [3.05, 3.63) is 76.0 Å². The highest BCUT2D eigenvalue weighted by atomic mass is 32.2. The Labute approximate surface area is 204 Å². The average Bonchev–Trinajstić information content (AvgIpc) is 3.26. The molecule has 0 aliphatic carbocycles. The number of anilines is 1. The Bertz CT molecular complexity index is 1560. The standard InChI is InChI=1S/C22H18N4O5S3/c1-26(2)34(29,30)15-9-7-13(8-10-15)19(27)24-21(32)25-22-23-17(12-33-22)16-11-14-5-3-4-6-18(14)31-20(16)28/h3-12H,1-2H3,(H2,23,24,25,27,32). The van der Waals surface area contributed by atoms with Crippen LogP contribution in [0.15, 0.2) is 74.1 Å². The quantitative estimate of drug-likeness (QED) is 0.307. The predicted octanol–water partition coefficient (Wildman–Crippen LogP) is 3.29. The Kier molecular flexibility index (Phi) is 6.57. The molecule has 9 nitrogen and oxygen atoms in total. The number of carbonyl (C=O) groups is 1. The van der Waals surface area contributed by atoms with E-state index in [1.807, 2.05) is 12.1 Å². The van der Waals surface area contributed by atoms with Crippen LogP contribution in [-0.2, 0) is 10.0 Å². The first kappa shape index (κ1) is 23.7. The zero-order chi connectivity index (χ0) is 24.5. The van der Waals surface area contributed by atoms with Crippen molar-refractivity contribution in [3.63, 3.8) is 0 Å². The van der Waals surface area contributed by atoms with Gasteiger partial charge in [0.1, 0.15) is 5.58 Å². The zero-order valence-corrected chi connectivity index (χ0v) is 20.4. The molecule has 0 aliphatic heterocycles. The van der Waals surface area contributed by atoms with Crippen molar-refractivity contribution in [1.82, 2.24) is 14.6 Å². The van der Waals surface area contributed by atoms with Crippen LogP contribution < -0.4 is 16.3 Å². The predicted molar refractivity (Wildman–Crippen MR) is 135 cm³/mol. The van der Waals surface area contributed by atoms with Crippen LogP contribution in [0.4, 0.5) is 5.13 Å². The molecule has 0 unspecified atom stereocenters. The smallest absolute Gasteiger partial charge is 0.345 e.